The van der Waals surface area contributed by atoms with Gasteiger partial charge in [0.15, 0.2) is 0 Å². The first-order chi connectivity index (χ1) is 19.3. The number of halogens is 1. The highest BCUT2D eigenvalue weighted by molar-refractivity contribution is 7.12. The van der Waals surface area contributed by atoms with Gasteiger partial charge in [-0.25, -0.2) is 4.98 Å². The fourth-order valence-electron chi connectivity index (χ4n) is 5.04. The van der Waals surface area contributed by atoms with Gasteiger partial charge in [0.1, 0.15) is 12.2 Å². The van der Waals surface area contributed by atoms with Crippen molar-refractivity contribution >= 4 is 35.1 Å². The van der Waals surface area contributed by atoms with E-state index in [9.17, 15) is 14.4 Å². The first-order valence-electron chi connectivity index (χ1n) is 12.4. The van der Waals surface area contributed by atoms with Crippen LogP contribution in [0.5, 0.6) is 0 Å². The Labute approximate surface area is 237 Å². The minimum Gasteiger partial charge on any atom is -0.349 e. The summed E-state index contributed by atoms with van der Waals surface area (Å²) in [5.41, 5.74) is 4.89. The molecule has 1 aliphatic rings. The van der Waals surface area contributed by atoms with Crippen LogP contribution in [0.2, 0.25) is 5.02 Å². The number of nitrogens with zero attached hydrogens (tertiary/aromatic N) is 7. The van der Waals surface area contributed by atoms with Crippen LogP contribution < -0.4 is 5.56 Å². The predicted octanol–water partition coefficient (Wildman–Crippen LogP) is 3.22. The third kappa shape index (κ3) is 4.54. The lowest BCUT2D eigenvalue weighted by Gasteiger charge is -2.15. The number of carbonyl (C=O) groups is 1. The van der Waals surface area contributed by atoms with E-state index in [0.29, 0.717) is 45.5 Å². The number of aromatic amines is 1. The van der Waals surface area contributed by atoms with Crippen LogP contribution in [-0.4, -0.2) is 65.9 Å². The Bertz CT molecular complexity index is 1800. The summed E-state index contributed by atoms with van der Waals surface area (Å²) in [7, 11) is 3.35. The molecule has 1 radical (unpaired) electrons. The predicted molar refractivity (Wildman–Crippen MR) is 149 cm³/mol. The number of aryl methyl sites for hydroxylation is 1. The lowest BCUT2D eigenvalue weighted by Crippen LogP contribution is -2.24. The molecule has 4 aromatic heterocycles. The zero-order valence-electron chi connectivity index (χ0n) is 21.5. The summed E-state index contributed by atoms with van der Waals surface area (Å²) in [5, 5.41) is 13.8. The average molecular weight is 574 g/mol. The van der Waals surface area contributed by atoms with E-state index in [1.807, 2.05) is 23.8 Å². The molecule has 1 N–H and O–H groups in total. The number of pyridine rings is 1. The van der Waals surface area contributed by atoms with Crippen molar-refractivity contribution in [3.05, 3.63) is 85.6 Å². The Morgan fingerprint density at radius 2 is 2.10 bits per heavy atom. The van der Waals surface area contributed by atoms with Crippen molar-refractivity contribution in [2.75, 3.05) is 14.1 Å². The molecule has 0 saturated carbocycles. The van der Waals surface area contributed by atoms with Crippen molar-refractivity contribution in [3.63, 3.8) is 0 Å². The summed E-state index contributed by atoms with van der Waals surface area (Å²) >= 11 is 7.55. The smallest absolute Gasteiger partial charge is 0.252 e. The van der Waals surface area contributed by atoms with Gasteiger partial charge in [0, 0.05) is 47.4 Å². The van der Waals surface area contributed by atoms with Crippen molar-refractivity contribution in [3.8, 4) is 28.1 Å². The van der Waals surface area contributed by atoms with Crippen LogP contribution in [-0.2, 0) is 22.4 Å². The maximum absolute atomic E-state index is 13.5. The van der Waals surface area contributed by atoms with Gasteiger partial charge < -0.3 is 14.5 Å². The van der Waals surface area contributed by atoms with Crippen LogP contribution in [0.25, 0.3) is 28.1 Å². The van der Waals surface area contributed by atoms with Crippen LogP contribution in [0.3, 0.4) is 0 Å². The van der Waals surface area contributed by atoms with Gasteiger partial charge in [0.2, 0.25) is 12.2 Å². The van der Waals surface area contributed by atoms with E-state index in [0.717, 1.165) is 22.4 Å². The lowest BCUT2D eigenvalue weighted by atomic mass is 10.0. The Kier molecular flexibility index (Phi) is 6.64. The molecule has 1 aliphatic heterocycles. The first kappa shape index (κ1) is 25.8. The molecule has 1 aromatic carbocycles. The van der Waals surface area contributed by atoms with E-state index >= 15 is 0 Å². The lowest BCUT2D eigenvalue weighted by molar-refractivity contribution is -0.127. The minimum atomic E-state index is -0.286. The van der Waals surface area contributed by atoms with Crippen LogP contribution >= 0.6 is 22.9 Å². The van der Waals surface area contributed by atoms with Crippen LogP contribution in [0.15, 0.2) is 53.0 Å². The topological polar surface area (TPSA) is 132 Å². The summed E-state index contributed by atoms with van der Waals surface area (Å²) in [4.78, 5) is 47.2. The highest BCUT2D eigenvalue weighted by Gasteiger charge is 2.29. The third-order valence-corrected chi connectivity index (χ3v) is 8.17. The van der Waals surface area contributed by atoms with Crippen molar-refractivity contribution < 1.29 is 9.59 Å². The van der Waals surface area contributed by atoms with Crippen LogP contribution in [0.1, 0.15) is 34.4 Å². The van der Waals surface area contributed by atoms with Gasteiger partial charge in [-0.15, -0.1) is 16.4 Å². The van der Waals surface area contributed by atoms with E-state index < -0.39 is 0 Å². The Morgan fingerprint density at radius 3 is 2.85 bits per heavy atom. The Morgan fingerprint density at radius 1 is 1.25 bits per heavy atom. The third-order valence-electron chi connectivity index (χ3n) is 7.01. The molecule has 0 bridgehead atoms. The zero-order valence-corrected chi connectivity index (χ0v) is 23.0. The van der Waals surface area contributed by atoms with Crippen LogP contribution in [0, 0.1) is 0 Å². The number of thiophene rings is 1. The summed E-state index contributed by atoms with van der Waals surface area (Å²) in [6, 6.07) is 8.64. The SMILES string of the molecule is CN(C)C(=O)Cc1c(-c2cnc([C@@H]3CCc4cc(-c5cc(Cl)ccc5-n5cnnn5)cc(=O)n43)[nH]2)csc1[C]=O. The molecule has 40 heavy (non-hydrogen) atoms. The Balaban J connectivity index is 1.35. The number of H-pyrrole nitrogens is 1. The average Bonchev–Trinajstić information content (AvgIpc) is 3.74. The highest BCUT2D eigenvalue weighted by atomic mass is 35.5. The number of fused-ring (bicyclic) bond motifs is 1. The molecule has 5 aromatic rings. The van der Waals surface area contributed by atoms with E-state index in [2.05, 4.69) is 25.5 Å². The number of rotatable bonds is 7. The van der Waals surface area contributed by atoms with Gasteiger partial charge in [0.05, 0.1) is 34.9 Å². The molecule has 0 aliphatic carbocycles. The quantitative estimate of drug-likeness (QED) is 0.316. The number of likely N-dealkylation sites (N-methyl/N-ethyl adjacent to an activating group) is 1. The standard InChI is InChI=1S/C27H22ClN8O3S/c1-34(2)25(38)10-19-20(13-40-24(19)12-37)21-11-29-27(31-21)23-6-4-17-7-15(8-26(39)36(17)23)18-9-16(28)3-5-22(18)35-14-30-32-33-35/h3,5,7-9,11,13-14,23H,4,6,10H2,1-2H3,(H,29,31)/t23-/m0/s1. The van der Waals surface area contributed by atoms with E-state index in [4.69, 9.17) is 11.6 Å². The molecular weight excluding hydrogens is 552 g/mol. The number of hydrogen-bond acceptors (Lipinski definition) is 8. The monoisotopic (exact) mass is 573 g/mol. The molecule has 0 spiro atoms. The van der Waals surface area contributed by atoms with Crippen LogP contribution in [0.4, 0.5) is 0 Å². The van der Waals surface area contributed by atoms with E-state index in [1.165, 1.54) is 27.2 Å². The molecule has 6 rings (SSSR count). The van der Waals surface area contributed by atoms with Crippen molar-refractivity contribution in [1.82, 2.24) is 39.6 Å². The molecule has 11 nitrogen and oxygen atoms in total. The summed E-state index contributed by atoms with van der Waals surface area (Å²) in [6.07, 6.45) is 6.55. The fraction of sp³-hybridized carbons (Fsp3) is 0.222. The molecule has 0 saturated heterocycles. The van der Waals surface area contributed by atoms with Gasteiger partial charge >= 0.3 is 0 Å². The Hall–Kier alpha value is -4.42. The maximum Gasteiger partial charge on any atom is 0.252 e. The number of nitrogens with one attached hydrogen (secondary N) is 1. The second-order valence-corrected chi connectivity index (χ2v) is 10.9. The number of hydrogen-bond donors (Lipinski definition) is 1. The summed E-state index contributed by atoms with van der Waals surface area (Å²) in [6.45, 7) is 0. The van der Waals surface area contributed by atoms with E-state index in [-0.39, 0.29) is 23.9 Å². The van der Waals surface area contributed by atoms with Gasteiger partial charge in [-0.05, 0) is 58.7 Å². The largest absolute Gasteiger partial charge is 0.349 e. The summed E-state index contributed by atoms with van der Waals surface area (Å²) in [5.74, 6) is 0.513. The van der Waals surface area contributed by atoms with E-state index in [1.54, 1.807) is 43.1 Å². The molecule has 5 heterocycles. The molecule has 13 heteroatoms. The van der Waals surface area contributed by atoms with Crippen molar-refractivity contribution in [1.29, 1.82) is 0 Å². The second kappa shape index (κ2) is 10.3. The first-order valence-corrected chi connectivity index (χ1v) is 13.6. The molecule has 1 atom stereocenters. The number of tetrazole rings is 1. The molecular formula is C27H22ClN8O3S. The molecule has 0 fully saturated rings. The molecule has 0 unspecified atom stereocenters. The van der Waals surface area contributed by atoms with Gasteiger partial charge in [0.25, 0.3) is 5.56 Å². The minimum absolute atomic E-state index is 0.0788. The maximum atomic E-state index is 13.5. The highest BCUT2D eigenvalue weighted by Crippen LogP contribution is 2.36. The number of amides is 1. The number of carbonyl (C=O) groups excluding carboxylic acids is 2. The molecule has 1 amide bonds. The normalized spacial score (nSPS) is 14.3. The second-order valence-electron chi connectivity index (χ2n) is 9.62. The van der Waals surface area contributed by atoms with Gasteiger partial charge in [-0.1, -0.05) is 11.6 Å². The number of aromatic nitrogens is 7. The fourth-order valence-corrected chi connectivity index (χ4v) is 6.09. The van der Waals surface area contributed by atoms with Gasteiger partial charge in [-0.2, -0.15) is 4.68 Å². The molecule has 201 valence electrons. The number of imidazole rings is 1. The van der Waals surface area contributed by atoms with Crippen molar-refractivity contribution in [2.45, 2.75) is 25.3 Å². The van der Waals surface area contributed by atoms with Gasteiger partial charge in [-0.3, -0.25) is 14.4 Å². The summed E-state index contributed by atoms with van der Waals surface area (Å²) < 4.78 is 3.28. The number of benzene rings is 1. The van der Waals surface area contributed by atoms with Crippen molar-refractivity contribution in [2.24, 2.45) is 0 Å². The zero-order chi connectivity index (χ0) is 28.0.